The molecule has 0 aromatic heterocycles. The van der Waals surface area contributed by atoms with Crippen LogP contribution in [0.25, 0.3) is 0 Å². The summed E-state index contributed by atoms with van der Waals surface area (Å²) in [4.78, 5) is 29.9. The zero-order chi connectivity index (χ0) is 22.5. The van der Waals surface area contributed by atoms with Crippen molar-refractivity contribution in [1.82, 2.24) is 9.80 Å². The molecule has 32 heavy (non-hydrogen) atoms. The monoisotopic (exact) mass is 431 g/mol. The SMILES string of the molecule is Cc1ccc(NC(=O)C(c2ccccc2)N2CCN(C(=O)c3ccc(F)cc3)CC2)cc1. The van der Waals surface area contributed by atoms with Gasteiger partial charge in [-0.1, -0.05) is 48.0 Å². The van der Waals surface area contributed by atoms with Crippen molar-refractivity contribution in [3.63, 3.8) is 0 Å². The fourth-order valence-electron chi connectivity index (χ4n) is 3.97. The number of hydrogen-bond acceptors (Lipinski definition) is 3. The maximum absolute atomic E-state index is 13.3. The first-order valence-electron chi connectivity index (χ1n) is 10.7. The Morgan fingerprint density at radius 2 is 1.47 bits per heavy atom. The Morgan fingerprint density at radius 1 is 0.844 bits per heavy atom. The fourth-order valence-corrected chi connectivity index (χ4v) is 3.97. The highest BCUT2D eigenvalue weighted by Gasteiger charge is 2.32. The van der Waals surface area contributed by atoms with Crippen molar-refractivity contribution in [1.29, 1.82) is 0 Å². The van der Waals surface area contributed by atoms with Gasteiger partial charge < -0.3 is 10.2 Å². The van der Waals surface area contributed by atoms with Gasteiger partial charge in [0, 0.05) is 37.4 Å². The summed E-state index contributed by atoms with van der Waals surface area (Å²) in [6, 6.07) is 22.6. The predicted molar refractivity (Wildman–Crippen MR) is 123 cm³/mol. The number of carbonyl (C=O) groups excluding carboxylic acids is 2. The summed E-state index contributed by atoms with van der Waals surface area (Å²) in [6.07, 6.45) is 0. The van der Waals surface area contributed by atoms with Gasteiger partial charge in [0.25, 0.3) is 5.91 Å². The molecule has 1 aliphatic heterocycles. The predicted octanol–water partition coefficient (Wildman–Crippen LogP) is 4.27. The summed E-state index contributed by atoms with van der Waals surface area (Å²) in [6.45, 7) is 4.13. The van der Waals surface area contributed by atoms with Crippen LogP contribution in [0.2, 0.25) is 0 Å². The Kier molecular flexibility index (Phi) is 6.61. The lowest BCUT2D eigenvalue weighted by Gasteiger charge is -2.38. The van der Waals surface area contributed by atoms with E-state index in [0.29, 0.717) is 31.7 Å². The maximum atomic E-state index is 13.3. The highest BCUT2D eigenvalue weighted by atomic mass is 19.1. The summed E-state index contributed by atoms with van der Waals surface area (Å²) >= 11 is 0. The Labute approximate surface area is 187 Å². The molecule has 1 heterocycles. The van der Waals surface area contributed by atoms with Crippen LogP contribution in [0.3, 0.4) is 0 Å². The minimum atomic E-state index is -0.458. The third-order valence-electron chi connectivity index (χ3n) is 5.74. The molecule has 1 saturated heterocycles. The molecule has 1 aliphatic rings. The first kappa shape index (κ1) is 21.7. The molecule has 0 radical (unpaired) electrons. The highest BCUT2D eigenvalue weighted by Crippen LogP contribution is 2.25. The van der Waals surface area contributed by atoms with Gasteiger partial charge in [0.1, 0.15) is 11.9 Å². The molecular formula is C26H26FN3O2. The molecule has 3 aromatic carbocycles. The van der Waals surface area contributed by atoms with E-state index in [-0.39, 0.29) is 17.6 Å². The van der Waals surface area contributed by atoms with E-state index in [4.69, 9.17) is 0 Å². The molecular weight excluding hydrogens is 405 g/mol. The summed E-state index contributed by atoms with van der Waals surface area (Å²) < 4.78 is 13.2. The minimum absolute atomic E-state index is 0.0987. The molecule has 1 atom stereocenters. The normalized spacial score (nSPS) is 15.2. The summed E-state index contributed by atoms with van der Waals surface area (Å²) in [5, 5.41) is 3.03. The van der Waals surface area contributed by atoms with Crippen LogP contribution in [0.5, 0.6) is 0 Å². The number of aryl methyl sites for hydroxylation is 1. The molecule has 4 rings (SSSR count). The number of benzene rings is 3. The van der Waals surface area contributed by atoms with Gasteiger partial charge in [0.05, 0.1) is 0 Å². The van der Waals surface area contributed by atoms with Gasteiger partial charge in [-0.25, -0.2) is 4.39 Å². The smallest absolute Gasteiger partial charge is 0.253 e. The second kappa shape index (κ2) is 9.75. The van der Waals surface area contributed by atoms with E-state index < -0.39 is 6.04 Å². The van der Waals surface area contributed by atoms with Crippen LogP contribution < -0.4 is 5.32 Å². The van der Waals surface area contributed by atoms with Crippen LogP contribution in [0.4, 0.5) is 10.1 Å². The molecule has 2 amide bonds. The Bertz CT molecular complexity index is 1060. The average molecular weight is 432 g/mol. The highest BCUT2D eigenvalue weighted by molar-refractivity contribution is 5.96. The minimum Gasteiger partial charge on any atom is -0.336 e. The van der Waals surface area contributed by atoms with Crippen LogP contribution in [0, 0.1) is 12.7 Å². The number of amides is 2. The fraction of sp³-hybridized carbons (Fsp3) is 0.231. The topological polar surface area (TPSA) is 52.7 Å². The molecule has 5 nitrogen and oxygen atoms in total. The number of carbonyl (C=O) groups is 2. The molecule has 1 fully saturated rings. The zero-order valence-electron chi connectivity index (χ0n) is 18.0. The lowest BCUT2D eigenvalue weighted by atomic mass is 10.0. The number of halogens is 1. The van der Waals surface area contributed by atoms with Gasteiger partial charge in [0.2, 0.25) is 5.91 Å². The molecule has 164 valence electrons. The number of piperazine rings is 1. The van der Waals surface area contributed by atoms with Gasteiger partial charge in [-0.2, -0.15) is 0 Å². The first-order valence-corrected chi connectivity index (χ1v) is 10.7. The third-order valence-corrected chi connectivity index (χ3v) is 5.74. The third kappa shape index (κ3) is 5.03. The second-order valence-corrected chi connectivity index (χ2v) is 8.00. The van der Waals surface area contributed by atoms with Crippen molar-refractivity contribution in [3.8, 4) is 0 Å². The van der Waals surface area contributed by atoms with Gasteiger partial charge in [-0.3, -0.25) is 14.5 Å². The molecule has 1 unspecified atom stereocenters. The van der Waals surface area contributed by atoms with Gasteiger partial charge in [-0.15, -0.1) is 0 Å². The molecule has 3 aromatic rings. The summed E-state index contributed by atoms with van der Waals surface area (Å²) in [5.74, 6) is -0.583. The van der Waals surface area contributed by atoms with Crippen LogP contribution >= 0.6 is 0 Å². The van der Waals surface area contributed by atoms with Gasteiger partial charge in [0.15, 0.2) is 0 Å². The molecule has 0 saturated carbocycles. The Hall–Kier alpha value is -3.51. The van der Waals surface area contributed by atoms with Crippen molar-refractivity contribution >= 4 is 17.5 Å². The number of rotatable bonds is 5. The average Bonchev–Trinajstić information content (AvgIpc) is 2.82. The van der Waals surface area contributed by atoms with Crippen molar-refractivity contribution in [3.05, 3.63) is 101 Å². The van der Waals surface area contributed by atoms with E-state index in [1.165, 1.54) is 24.3 Å². The first-order chi connectivity index (χ1) is 15.5. The van der Waals surface area contributed by atoms with Crippen LogP contribution in [0.1, 0.15) is 27.5 Å². The maximum Gasteiger partial charge on any atom is 0.253 e. The lowest BCUT2D eigenvalue weighted by molar-refractivity contribution is -0.122. The number of hydrogen-bond donors (Lipinski definition) is 1. The standard InChI is InChI=1S/C26H26FN3O2/c1-19-7-13-23(14-8-19)28-25(31)24(20-5-3-2-4-6-20)29-15-17-30(18-16-29)26(32)21-9-11-22(27)12-10-21/h2-14,24H,15-18H2,1H3,(H,28,31). The molecule has 0 spiro atoms. The Morgan fingerprint density at radius 3 is 2.09 bits per heavy atom. The second-order valence-electron chi connectivity index (χ2n) is 8.00. The quantitative estimate of drug-likeness (QED) is 0.656. The Balaban J connectivity index is 1.47. The molecule has 6 heteroatoms. The summed E-state index contributed by atoms with van der Waals surface area (Å²) in [7, 11) is 0. The molecule has 0 aliphatic carbocycles. The van der Waals surface area contributed by atoms with E-state index in [1.54, 1.807) is 4.90 Å². The van der Waals surface area contributed by atoms with E-state index in [9.17, 15) is 14.0 Å². The van der Waals surface area contributed by atoms with E-state index in [0.717, 1.165) is 16.8 Å². The summed E-state index contributed by atoms with van der Waals surface area (Å²) in [5.41, 5.74) is 3.27. The van der Waals surface area contributed by atoms with Gasteiger partial charge in [-0.05, 0) is 48.9 Å². The number of anilines is 1. The van der Waals surface area contributed by atoms with Crippen molar-refractivity contribution in [2.75, 3.05) is 31.5 Å². The van der Waals surface area contributed by atoms with Crippen LogP contribution in [-0.2, 0) is 4.79 Å². The van der Waals surface area contributed by atoms with Crippen molar-refractivity contribution < 1.29 is 14.0 Å². The van der Waals surface area contributed by atoms with Gasteiger partial charge >= 0.3 is 0 Å². The van der Waals surface area contributed by atoms with E-state index >= 15 is 0 Å². The zero-order valence-corrected chi connectivity index (χ0v) is 18.0. The van der Waals surface area contributed by atoms with Crippen LogP contribution in [-0.4, -0.2) is 47.8 Å². The van der Waals surface area contributed by atoms with E-state index in [2.05, 4.69) is 10.2 Å². The number of nitrogens with one attached hydrogen (secondary N) is 1. The number of nitrogens with zero attached hydrogens (tertiary/aromatic N) is 2. The largest absolute Gasteiger partial charge is 0.336 e. The van der Waals surface area contributed by atoms with Crippen molar-refractivity contribution in [2.45, 2.75) is 13.0 Å². The lowest BCUT2D eigenvalue weighted by Crippen LogP contribution is -2.51. The molecule has 0 bridgehead atoms. The molecule has 1 N–H and O–H groups in total. The van der Waals surface area contributed by atoms with E-state index in [1.807, 2.05) is 61.5 Å². The van der Waals surface area contributed by atoms with Crippen LogP contribution in [0.15, 0.2) is 78.9 Å². The van der Waals surface area contributed by atoms with Crippen molar-refractivity contribution in [2.24, 2.45) is 0 Å².